The number of nitrogens with zero attached hydrogens (tertiary/aromatic N) is 3. The van der Waals surface area contributed by atoms with Crippen LogP contribution in [-0.2, 0) is 0 Å². The van der Waals surface area contributed by atoms with Gasteiger partial charge in [-0.05, 0) is 18.7 Å². The molecule has 0 saturated carbocycles. The number of aromatic nitrogens is 3. The Balaban J connectivity index is 1.91. The Morgan fingerprint density at radius 3 is 2.90 bits per heavy atom. The molecule has 1 N–H and O–H groups in total. The predicted octanol–water partition coefficient (Wildman–Crippen LogP) is 2.77. The third kappa shape index (κ3) is 3.44. The van der Waals surface area contributed by atoms with Crippen molar-refractivity contribution in [2.75, 3.05) is 23.8 Å². The van der Waals surface area contributed by atoms with E-state index >= 15 is 0 Å². The number of hydrogen-bond donors (Lipinski definition) is 1. The van der Waals surface area contributed by atoms with Gasteiger partial charge in [-0.15, -0.1) is 5.10 Å². The smallest absolute Gasteiger partial charge is 0.0826 e. The Morgan fingerprint density at radius 2 is 2.19 bits per heavy atom. The standard InChI is InChI=1S/C15H20N4S2/c1-2-16-15(14-11-20-8-9-21-14)13-10-17-18-19(13)12-6-4-3-5-7-12/h3-7,10,14-16H,2,8-9,11H2,1H3. The number of rotatable bonds is 5. The number of benzene rings is 1. The molecule has 6 heteroatoms. The van der Waals surface area contributed by atoms with Gasteiger partial charge in [0.1, 0.15) is 0 Å². The number of nitrogens with one attached hydrogen (secondary N) is 1. The molecule has 2 atom stereocenters. The van der Waals surface area contributed by atoms with E-state index in [-0.39, 0.29) is 0 Å². The molecule has 0 aliphatic carbocycles. The third-order valence-corrected chi connectivity index (χ3v) is 6.40. The second-order valence-corrected chi connectivity index (χ2v) is 7.42. The van der Waals surface area contributed by atoms with Crippen LogP contribution in [0.3, 0.4) is 0 Å². The SMILES string of the molecule is CCNC(c1cnnn1-c1ccccc1)C1CSCCS1. The number of para-hydroxylation sites is 1. The van der Waals surface area contributed by atoms with E-state index in [1.807, 2.05) is 40.8 Å². The second kappa shape index (κ2) is 7.33. The van der Waals surface area contributed by atoms with Gasteiger partial charge >= 0.3 is 0 Å². The molecule has 0 bridgehead atoms. The highest BCUT2D eigenvalue weighted by molar-refractivity contribution is 8.06. The number of thioether (sulfide) groups is 2. The molecular formula is C15H20N4S2. The van der Waals surface area contributed by atoms with Gasteiger partial charge < -0.3 is 5.32 Å². The topological polar surface area (TPSA) is 42.7 Å². The molecular weight excluding hydrogens is 300 g/mol. The summed E-state index contributed by atoms with van der Waals surface area (Å²) in [4.78, 5) is 0. The van der Waals surface area contributed by atoms with E-state index in [4.69, 9.17) is 0 Å². The maximum Gasteiger partial charge on any atom is 0.0826 e. The van der Waals surface area contributed by atoms with Gasteiger partial charge in [0.2, 0.25) is 0 Å². The van der Waals surface area contributed by atoms with Crippen molar-refractivity contribution in [2.24, 2.45) is 0 Å². The summed E-state index contributed by atoms with van der Waals surface area (Å²) >= 11 is 4.11. The highest BCUT2D eigenvalue weighted by Crippen LogP contribution is 2.33. The van der Waals surface area contributed by atoms with Crippen molar-refractivity contribution < 1.29 is 0 Å². The van der Waals surface area contributed by atoms with Crippen LogP contribution in [0.5, 0.6) is 0 Å². The zero-order valence-electron chi connectivity index (χ0n) is 12.1. The summed E-state index contributed by atoms with van der Waals surface area (Å²) in [7, 11) is 0. The highest BCUT2D eigenvalue weighted by Gasteiger charge is 2.28. The molecule has 3 rings (SSSR count). The highest BCUT2D eigenvalue weighted by atomic mass is 32.2. The first-order chi connectivity index (χ1) is 10.4. The van der Waals surface area contributed by atoms with Gasteiger partial charge in [-0.25, -0.2) is 4.68 Å². The summed E-state index contributed by atoms with van der Waals surface area (Å²) in [5, 5.41) is 12.7. The molecule has 1 aliphatic rings. The van der Waals surface area contributed by atoms with Crippen molar-refractivity contribution in [1.82, 2.24) is 20.3 Å². The van der Waals surface area contributed by atoms with Crippen LogP contribution < -0.4 is 5.32 Å². The van der Waals surface area contributed by atoms with E-state index in [2.05, 4.69) is 46.4 Å². The van der Waals surface area contributed by atoms with Crippen LogP contribution in [0.2, 0.25) is 0 Å². The molecule has 0 amide bonds. The van der Waals surface area contributed by atoms with E-state index in [0.29, 0.717) is 11.3 Å². The Labute approximate surface area is 134 Å². The molecule has 1 aromatic heterocycles. The molecule has 2 heterocycles. The molecule has 112 valence electrons. The van der Waals surface area contributed by atoms with Crippen LogP contribution in [0.25, 0.3) is 5.69 Å². The zero-order valence-corrected chi connectivity index (χ0v) is 13.7. The minimum atomic E-state index is 0.294. The monoisotopic (exact) mass is 320 g/mol. The van der Waals surface area contributed by atoms with Crippen molar-refractivity contribution in [3.63, 3.8) is 0 Å². The summed E-state index contributed by atoms with van der Waals surface area (Å²) in [5.74, 6) is 3.67. The van der Waals surface area contributed by atoms with E-state index < -0.39 is 0 Å². The van der Waals surface area contributed by atoms with Crippen molar-refractivity contribution >= 4 is 23.5 Å². The van der Waals surface area contributed by atoms with Gasteiger partial charge in [0.05, 0.1) is 23.6 Å². The summed E-state index contributed by atoms with van der Waals surface area (Å²) in [6, 6.07) is 10.5. The summed E-state index contributed by atoms with van der Waals surface area (Å²) in [5.41, 5.74) is 2.23. The lowest BCUT2D eigenvalue weighted by Crippen LogP contribution is -2.35. The Hall–Kier alpha value is -0.980. The van der Waals surface area contributed by atoms with Crippen LogP contribution in [0, 0.1) is 0 Å². The van der Waals surface area contributed by atoms with Crippen molar-refractivity contribution in [3.8, 4) is 5.69 Å². The molecule has 1 aliphatic heterocycles. The van der Waals surface area contributed by atoms with Gasteiger partial charge in [-0.2, -0.15) is 23.5 Å². The average Bonchev–Trinajstić information content (AvgIpc) is 3.03. The zero-order chi connectivity index (χ0) is 14.5. The Bertz CT molecular complexity index is 552. The van der Waals surface area contributed by atoms with Crippen LogP contribution in [0.15, 0.2) is 36.5 Å². The molecule has 2 aromatic rings. The molecule has 0 radical (unpaired) electrons. The van der Waals surface area contributed by atoms with Gasteiger partial charge in [-0.3, -0.25) is 0 Å². The normalized spacial score (nSPS) is 20.3. The summed E-state index contributed by atoms with van der Waals surface area (Å²) in [6.45, 7) is 3.11. The fraction of sp³-hybridized carbons (Fsp3) is 0.467. The summed E-state index contributed by atoms with van der Waals surface area (Å²) in [6.07, 6.45) is 1.90. The van der Waals surface area contributed by atoms with Crippen LogP contribution in [-0.4, -0.2) is 44.0 Å². The molecule has 1 aromatic carbocycles. The molecule has 1 saturated heterocycles. The first kappa shape index (κ1) is 14.9. The number of hydrogen-bond acceptors (Lipinski definition) is 5. The minimum absolute atomic E-state index is 0.294. The average molecular weight is 320 g/mol. The lowest BCUT2D eigenvalue weighted by Gasteiger charge is -2.30. The molecule has 1 fully saturated rings. The van der Waals surface area contributed by atoms with Crippen LogP contribution in [0.4, 0.5) is 0 Å². The maximum atomic E-state index is 4.30. The largest absolute Gasteiger partial charge is 0.308 e. The first-order valence-electron chi connectivity index (χ1n) is 7.29. The van der Waals surface area contributed by atoms with Crippen molar-refractivity contribution in [3.05, 3.63) is 42.2 Å². The van der Waals surface area contributed by atoms with Crippen LogP contribution in [0.1, 0.15) is 18.7 Å². The van der Waals surface area contributed by atoms with Gasteiger partial charge in [-0.1, -0.05) is 30.3 Å². The lowest BCUT2D eigenvalue weighted by atomic mass is 10.1. The first-order valence-corrected chi connectivity index (χ1v) is 9.49. The maximum absolute atomic E-state index is 4.30. The van der Waals surface area contributed by atoms with Crippen molar-refractivity contribution in [1.29, 1.82) is 0 Å². The third-order valence-electron chi connectivity index (χ3n) is 3.53. The molecule has 4 nitrogen and oxygen atoms in total. The lowest BCUT2D eigenvalue weighted by molar-refractivity contribution is 0.522. The fourth-order valence-corrected chi connectivity index (χ4v) is 5.42. The summed E-state index contributed by atoms with van der Waals surface area (Å²) < 4.78 is 1.97. The second-order valence-electron chi connectivity index (χ2n) is 4.93. The van der Waals surface area contributed by atoms with Gasteiger partial charge in [0.25, 0.3) is 0 Å². The van der Waals surface area contributed by atoms with Crippen molar-refractivity contribution in [2.45, 2.75) is 18.2 Å². The van der Waals surface area contributed by atoms with E-state index in [1.54, 1.807) is 0 Å². The fourth-order valence-electron chi connectivity index (χ4n) is 2.57. The van der Waals surface area contributed by atoms with E-state index in [9.17, 15) is 0 Å². The molecule has 21 heavy (non-hydrogen) atoms. The Morgan fingerprint density at radius 1 is 1.33 bits per heavy atom. The van der Waals surface area contributed by atoms with E-state index in [1.165, 1.54) is 17.3 Å². The minimum Gasteiger partial charge on any atom is -0.308 e. The molecule has 0 spiro atoms. The van der Waals surface area contributed by atoms with E-state index in [0.717, 1.165) is 17.9 Å². The Kier molecular flexibility index (Phi) is 5.22. The van der Waals surface area contributed by atoms with Gasteiger partial charge in [0.15, 0.2) is 0 Å². The van der Waals surface area contributed by atoms with Crippen LogP contribution >= 0.6 is 23.5 Å². The predicted molar refractivity (Wildman–Crippen MR) is 91.3 cm³/mol. The molecule has 2 unspecified atom stereocenters. The van der Waals surface area contributed by atoms with Gasteiger partial charge in [0, 0.05) is 22.5 Å². The quantitative estimate of drug-likeness (QED) is 0.917.